The van der Waals surface area contributed by atoms with Crippen molar-refractivity contribution in [2.45, 2.75) is 12.5 Å². The summed E-state index contributed by atoms with van der Waals surface area (Å²) >= 11 is 0. The molecule has 7 nitrogen and oxygen atoms in total. The minimum atomic E-state index is -0.203. The van der Waals surface area contributed by atoms with Gasteiger partial charge in [0.2, 0.25) is 5.91 Å². The van der Waals surface area contributed by atoms with Crippen LogP contribution in [0.15, 0.2) is 18.3 Å². The molecule has 122 valence electrons. The van der Waals surface area contributed by atoms with Gasteiger partial charge < -0.3 is 25.0 Å². The molecule has 2 N–H and O–H groups in total. The molecule has 1 aromatic heterocycles. The van der Waals surface area contributed by atoms with Crippen LogP contribution in [0.1, 0.15) is 6.42 Å². The van der Waals surface area contributed by atoms with E-state index in [1.807, 2.05) is 17.0 Å². The summed E-state index contributed by atoms with van der Waals surface area (Å²) in [7, 11) is 3.22. The van der Waals surface area contributed by atoms with Gasteiger partial charge in [0.25, 0.3) is 0 Å². The summed E-state index contributed by atoms with van der Waals surface area (Å²) in [6, 6.07) is 3.73. The summed E-state index contributed by atoms with van der Waals surface area (Å²) in [4.78, 5) is 20.6. The summed E-state index contributed by atoms with van der Waals surface area (Å²) in [5, 5.41) is 0. The fourth-order valence-corrected chi connectivity index (χ4v) is 2.47. The number of aromatic nitrogens is 1. The number of nitrogens with zero attached hydrogens (tertiary/aromatic N) is 3. The maximum atomic E-state index is 12.2. The zero-order valence-corrected chi connectivity index (χ0v) is 13.2. The van der Waals surface area contributed by atoms with Crippen LogP contribution >= 0.6 is 0 Å². The molecule has 0 spiro atoms. The van der Waals surface area contributed by atoms with Gasteiger partial charge in [-0.25, -0.2) is 4.98 Å². The molecule has 1 atom stereocenters. The molecule has 0 bridgehead atoms. The molecule has 2 heterocycles. The number of carbonyl (C=O) groups excluding carboxylic acids is 1. The first kappa shape index (κ1) is 16.5. The van der Waals surface area contributed by atoms with Crippen LogP contribution < -0.4 is 15.4 Å². The second kappa shape index (κ2) is 7.95. The smallest absolute Gasteiger partial charge is 0.225 e. The summed E-state index contributed by atoms with van der Waals surface area (Å²) in [5.74, 6) is 1.76. The van der Waals surface area contributed by atoms with Crippen LogP contribution in [0.5, 0.6) is 5.75 Å². The first-order valence-corrected chi connectivity index (χ1v) is 7.43. The van der Waals surface area contributed by atoms with Gasteiger partial charge in [-0.1, -0.05) is 0 Å². The SMILES string of the molecule is COc1ccnc(N2CCN(C(=O)CC(CN)OC)CC2)c1. The lowest BCUT2D eigenvalue weighted by molar-refractivity contribution is -0.133. The van der Waals surface area contributed by atoms with Crippen LogP contribution in [-0.2, 0) is 9.53 Å². The van der Waals surface area contributed by atoms with Gasteiger partial charge in [-0.05, 0) is 6.07 Å². The van der Waals surface area contributed by atoms with Crippen LogP contribution in [0, 0.1) is 0 Å². The Morgan fingerprint density at radius 1 is 1.36 bits per heavy atom. The average Bonchev–Trinajstić information content (AvgIpc) is 2.59. The van der Waals surface area contributed by atoms with Gasteiger partial charge in [0.1, 0.15) is 11.6 Å². The molecule has 22 heavy (non-hydrogen) atoms. The van der Waals surface area contributed by atoms with E-state index in [0.717, 1.165) is 24.7 Å². The van der Waals surface area contributed by atoms with Crippen molar-refractivity contribution in [3.8, 4) is 5.75 Å². The average molecular weight is 308 g/mol. The van der Waals surface area contributed by atoms with Crippen LogP contribution in [0.4, 0.5) is 5.82 Å². The van der Waals surface area contributed by atoms with Crippen molar-refractivity contribution < 1.29 is 14.3 Å². The molecule has 1 amide bonds. The molecular weight excluding hydrogens is 284 g/mol. The summed E-state index contributed by atoms with van der Waals surface area (Å²) in [6.45, 7) is 3.23. The molecule has 2 rings (SSSR count). The third-order valence-electron chi connectivity index (χ3n) is 3.91. The van der Waals surface area contributed by atoms with Crippen LogP contribution in [-0.4, -0.2) is 68.8 Å². The van der Waals surface area contributed by atoms with Crippen LogP contribution in [0.2, 0.25) is 0 Å². The van der Waals surface area contributed by atoms with Crippen molar-refractivity contribution in [2.75, 3.05) is 51.8 Å². The van der Waals surface area contributed by atoms with Gasteiger partial charge >= 0.3 is 0 Å². The second-order valence-corrected chi connectivity index (χ2v) is 5.22. The Morgan fingerprint density at radius 2 is 2.09 bits per heavy atom. The molecule has 0 radical (unpaired) electrons. The summed E-state index contributed by atoms with van der Waals surface area (Å²) in [5.41, 5.74) is 5.56. The highest BCUT2D eigenvalue weighted by Crippen LogP contribution is 2.19. The highest BCUT2D eigenvalue weighted by molar-refractivity contribution is 5.77. The Balaban J connectivity index is 1.88. The van der Waals surface area contributed by atoms with E-state index in [4.69, 9.17) is 15.2 Å². The number of amides is 1. The van der Waals surface area contributed by atoms with Crippen LogP contribution in [0.3, 0.4) is 0 Å². The van der Waals surface area contributed by atoms with Gasteiger partial charge in [0.05, 0.1) is 19.6 Å². The van der Waals surface area contributed by atoms with E-state index in [2.05, 4.69) is 9.88 Å². The molecule has 1 fully saturated rings. The van der Waals surface area contributed by atoms with E-state index in [1.54, 1.807) is 20.4 Å². The first-order chi connectivity index (χ1) is 10.7. The molecule has 1 aromatic rings. The van der Waals surface area contributed by atoms with Crippen molar-refractivity contribution in [1.82, 2.24) is 9.88 Å². The monoisotopic (exact) mass is 308 g/mol. The molecular formula is C15H24N4O3. The number of methoxy groups -OCH3 is 2. The third kappa shape index (κ3) is 4.08. The zero-order valence-electron chi connectivity index (χ0n) is 13.2. The maximum Gasteiger partial charge on any atom is 0.225 e. The summed E-state index contributed by atoms with van der Waals surface area (Å²) in [6.07, 6.45) is 1.87. The van der Waals surface area contributed by atoms with E-state index >= 15 is 0 Å². The normalized spacial score (nSPS) is 16.5. The fourth-order valence-electron chi connectivity index (χ4n) is 2.47. The third-order valence-corrected chi connectivity index (χ3v) is 3.91. The van der Waals surface area contributed by atoms with E-state index < -0.39 is 0 Å². The minimum absolute atomic E-state index is 0.0931. The fraction of sp³-hybridized carbons (Fsp3) is 0.600. The van der Waals surface area contributed by atoms with Crippen molar-refractivity contribution >= 4 is 11.7 Å². The first-order valence-electron chi connectivity index (χ1n) is 7.43. The number of anilines is 1. The molecule has 1 unspecified atom stereocenters. The van der Waals surface area contributed by atoms with Crippen LogP contribution in [0.25, 0.3) is 0 Å². The van der Waals surface area contributed by atoms with Gasteiger partial charge in [-0.3, -0.25) is 4.79 Å². The molecule has 0 aromatic carbocycles. The molecule has 1 aliphatic rings. The largest absolute Gasteiger partial charge is 0.497 e. The number of rotatable bonds is 6. The predicted octanol–water partition coefficient (Wildman–Crippen LogP) is 0.103. The highest BCUT2D eigenvalue weighted by Gasteiger charge is 2.23. The Labute approximate surface area is 131 Å². The Hall–Kier alpha value is -1.86. The van der Waals surface area contributed by atoms with E-state index in [9.17, 15) is 4.79 Å². The Bertz CT molecular complexity index is 485. The lowest BCUT2D eigenvalue weighted by Crippen LogP contribution is -2.50. The number of hydrogen-bond donors (Lipinski definition) is 1. The number of ether oxygens (including phenoxy) is 2. The lowest BCUT2D eigenvalue weighted by Gasteiger charge is -2.36. The van der Waals surface area contributed by atoms with E-state index in [1.165, 1.54) is 0 Å². The van der Waals surface area contributed by atoms with Gasteiger partial charge in [0, 0.05) is 52.1 Å². The van der Waals surface area contributed by atoms with Gasteiger partial charge in [-0.2, -0.15) is 0 Å². The minimum Gasteiger partial charge on any atom is -0.497 e. The maximum absolute atomic E-state index is 12.2. The molecule has 0 saturated carbocycles. The quantitative estimate of drug-likeness (QED) is 0.803. The van der Waals surface area contributed by atoms with Crippen molar-refractivity contribution in [1.29, 1.82) is 0 Å². The second-order valence-electron chi connectivity index (χ2n) is 5.22. The van der Waals surface area contributed by atoms with Crippen molar-refractivity contribution in [3.05, 3.63) is 18.3 Å². The number of hydrogen-bond acceptors (Lipinski definition) is 6. The molecule has 0 aliphatic carbocycles. The number of piperazine rings is 1. The zero-order chi connectivity index (χ0) is 15.9. The van der Waals surface area contributed by atoms with Gasteiger partial charge in [0.15, 0.2) is 0 Å². The van der Waals surface area contributed by atoms with Crippen molar-refractivity contribution in [2.24, 2.45) is 5.73 Å². The highest BCUT2D eigenvalue weighted by atomic mass is 16.5. The number of carbonyl (C=O) groups is 1. The summed E-state index contributed by atoms with van der Waals surface area (Å²) < 4.78 is 10.4. The van der Waals surface area contributed by atoms with Crippen molar-refractivity contribution in [3.63, 3.8) is 0 Å². The standard InChI is InChI=1S/C15H24N4O3/c1-21-12-3-4-17-14(9-12)18-5-7-19(8-6-18)15(20)10-13(11-16)22-2/h3-4,9,13H,5-8,10-11,16H2,1-2H3. The lowest BCUT2D eigenvalue weighted by atomic mass is 10.2. The number of pyridine rings is 1. The van der Waals surface area contributed by atoms with E-state index in [-0.39, 0.29) is 12.0 Å². The predicted molar refractivity (Wildman–Crippen MR) is 84.1 cm³/mol. The Kier molecular flexibility index (Phi) is 5.97. The Morgan fingerprint density at radius 3 is 2.68 bits per heavy atom. The van der Waals surface area contributed by atoms with Gasteiger partial charge in [-0.15, -0.1) is 0 Å². The molecule has 7 heteroatoms. The number of nitrogens with two attached hydrogens (primary N) is 1. The molecule has 1 saturated heterocycles. The molecule has 1 aliphatic heterocycles. The van der Waals surface area contributed by atoms with E-state index in [0.29, 0.717) is 26.1 Å². The topological polar surface area (TPSA) is 80.9 Å².